The van der Waals surface area contributed by atoms with E-state index in [1.54, 1.807) is 0 Å². The summed E-state index contributed by atoms with van der Waals surface area (Å²) >= 11 is 0. The van der Waals surface area contributed by atoms with Gasteiger partial charge in [0.2, 0.25) is 5.91 Å². The number of H-pyrrole nitrogens is 1. The van der Waals surface area contributed by atoms with Gasteiger partial charge >= 0.3 is 0 Å². The van der Waals surface area contributed by atoms with Crippen molar-refractivity contribution in [2.24, 2.45) is 11.7 Å². The lowest BCUT2D eigenvalue weighted by Gasteiger charge is -2.20. The second-order valence-corrected chi connectivity index (χ2v) is 6.77. The number of benzene rings is 1. The van der Waals surface area contributed by atoms with Crippen LogP contribution in [0.3, 0.4) is 0 Å². The summed E-state index contributed by atoms with van der Waals surface area (Å²) in [5.74, 6) is -0.229. The van der Waals surface area contributed by atoms with Gasteiger partial charge in [0.05, 0.1) is 5.92 Å². The van der Waals surface area contributed by atoms with Crippen LogP contribution in [0.2, 0.25) is 0 Å². The van der Waals surface area contributed by atoms with Gasteiger partial charge in [0.15, 0.2) is 0 Å². The summed E-state index contributed by atoms with van der Waals surface area (Å²) in [6, 6.07) is 6.51. The molecule has 2 aromatic rings. The van der Waals surface area contributed by atoms with Gasteiger partial charge in [-0.25, -0.2) is 0 Å². The number of allylic oxidation sites excluding steroid dienone is 1. The minimum absolute atomic E-state index is 0.0398. The van der Waals surface area contributed by atoms with Gasteiger partial charge in [-0.15, -0.1) is 0 Å². The van der Waals surface area contributed by atoms with Gasteiger partial charge in [-0.05, 0) is 49.0 Å². The molecule has 1 aromatic carbocycles. The van der Waals surface area contributed by atoms with Crippen molar-refractivity contribution in [3.63, 3.8) is 0 Å². The Bertz CT molecular complexity index is 759. The first-order valence-electron chi connectivity index (χ1n) is 8.94. The number of aryl methyl sites for hydroxylation is 1. The van der Waals surface area contributed by atoms with Crippen molar-refractivity contribution in [1.82, 2.24) is 10.3 Å². The number of rotatable bonds is 6. The molecule has 0 bridgehead atoms. The van der Waals surface area contributed by atoms with Crippen LogP contribution in [0, 0.1) is 5.92 Å². The number of carbonyl (C=O) groups is 1. The van der Waals surface area contributed by atoms with Crippen molar-refractivity contribution < 1.29 is 4.79 Å². The molecule has 0 saturated carbocycles. The van der Waals surface area contributed by atoms with Crippen molar-refractivity contribution in [2.75, 3.05) is 6.54 Å². The molecule has 1 aromatic heterocycles. The van der Waals surface area contributed by atoms with Crippen LogP contribution in [-0.4, -0.2) is 23.5 Å². The summed E-state index contributed by atoms with van der Waals surface area (Å²) in [6.45, 7) is 4.52. The van der Waals surface area contributed by atoms with E-state index >= 15 is 0 Å². The molecule has 4 N–H and O–H groups in total. The van der Waals surface area contributed by atoms with Crippen molar-refractivity contribution in [3.8, 4) is 0 Å². The molecule has 0 spiro atoms. The van der Waals surface area contributed by atoms with E-state index < -0.39 is 0 Å². The van der Waals surface area contributed by atoms with E-state index in [9.17, 15) is 4.79 Å². The van der Waals surface area contributed by atoms with E-state index in [0.29, 0.717) is 6.54 Å². The molecule has 0 aliphatic heterocycles. The average molecular weight is 325 g/mol. The number of hydrogen-bond donors (Lipinski definition) is 3. The Morgan fingerprint density at radius 1 is 1.42 bits per heavy atom. The van der Waals surface area contributed by atoms with Crippen LogP contribution < -0.4 is 11.1 Å². The van der Waals surface area contributed by atoms with Crippen molar-refractivity contribution in [2.45, 2.75) is 45.6 Å². The van der Waals surface area contributed by atoms with Crippen LogP contribution in [0.5, 0.6) is 0 Å². The number of hydrogen-bond acceptors (Lipinski definition) is 2. The number of nitrogens with two attached hydrogens (primary N) is 1. The largest absolute Gasteiger partial charge is 0.361 e. The quantitative estimate of drug-likeness (QED) is 0.762. The summed E-state index contributed by atoms with van der Waals surface area (Å²) in [5.41, 5.74) is 10.9. The molecular formula is C20H27N3O. The van der Waals surface area contributed by atoms with Gasteiger partial charge in [0.1, 0.15) is 0 Å². The maximum atomic E-state index is 12.5. The van der Waals surface area contributed by atoms with Gasteiger partial charge in [0.25, 0.3) is 0 Å². The molecule has 1 aliphatic rings. The molecule has 3 rings (SSSR count). The van der Waals surface area contributed by atoms with Crippen LogP contribution >= 0.6 is 0 Å². The molecule has 1 amide bonds. The molecule has 1 unspecified atom stereocenters. The zero-order valence-electron chi connectivity index (χ0n) is 14.6. The lowest BCUT2D eigenvalue weighted by atomic mass is 9.86. The highest BCUT2D eigenvalue weighted by Gasteiger charge is 2.21. The molecular weight excluding hydrogens is 298 g/mol. The summed E-state index contributed by atoms with van der Waals surface area (Å²) in [7, 11) is 0. The monoisotopic (exact) mass is 325 g/mol. The summed E-state index contributed by atoms with van der Waals surface area (Å²) in [5, 5.41) is 4.39. The van der Waals surface area contributed by atoms with Crippen molar-refractivity contribution >= 4 is 22.4 Å². The highest BCUT2D eigenvalue weighted by Crippen LogP contribution is 2.36. The standard InChI is InChI=1S/C20H27N3O/c1-3-5-13(2)23-20(24)16(11-21)10-14-8-9-15-12-22-18-7-4-6-17(14)19(15)18/h4,6-7,10,12-13,16,22H,3,5,8-9,11,21H2,1-2H3,(H,23,24)/b14-10+/t13-,16?/m1/s1. The highest BCUT2D eigenvalue weighted by molar-refractivity contribution is 5.97. The normalized spacial score (nSPS) is 17.9. The highest BCUT2D eigenvalue weighted by atomic mass is 16.1. The van der Waals surface area contributed by atoms with Crippen LogP contribution in [0.25, 0.3) is 16.5 Å². The van der Waals surface area contributed by atoms with Crippen molar-refractivity contribution in [3.05, 3.63) is 41.6 Å². The molecule has 24 heavy (non-hydrogen) atoms. The number of carbonyl (C=O) groups excluding carboxylic acids is 1. The van der Waals surface area contributed by atoms with Gasteiger partial charge < -0.3 is 16.0 Å². The maximum Gasteiger partial charge on any atom is 0.228 e. The summed E-state index contributed by atoms with van der Waals surface area (Å²) < 4.78 is 0. The second-order valence-electron chi connectivity index (χ2n) is 6.77. The van der Waals surface area contributed by atoms with E-state index in [2.05, 4.69) is 54.6 Å². The average Bonchev–Trinajstić information content (AvgIpc) is 2.99. The van der Waals surface area contributed by atoms with E-state index in [1.165, 1.54) is 27.6 Å². The second kappa shape index (κ2) is 7.22. The Hall–Kier alpha value is -2.07. The molecule has 4 nitrogen and oxygen atoms in total. The van der Waals surface area contributed by atoms with Crippen LogP contribution in [-0.2, 0) is 11.2 Å². The maximum absolute atomic E-state index is 12.5. The number of aromatic amines is 1. The first-order valence-corrected chi connectivity index (χ1v) is 8.94. The third-order valence-electron chi connectivity index (χ3n) is 4.90. The fourth-order valence-electron chi connectivity index (χ4n) is 3.65. The van der Waals surface area contributed by atoms with E-state index in [4.69, 9.17) is 5.73 Å². The lowest BCUT2D eigenvalue weighted by Crippen LogP contribution is -2.39. The third-order valence-corrected chi connectivity index (χ3v) is 4.90. The Kier molecular flexibility index (Phi) is 5.05. The molecule has 1 heterocycles. The minimum atomic E-state index is -0.268. The summed E-state index contributed by atoms with van der Waals surface area (Å²) in [6.07, 6.45) is 8.20. The molecule has 0 radical (unpaired) electrons. The number of amides is 1. The molecule has 0 saturated heterocycles. The first-order chi connectivity index (χ1) is 11.6. The Morgan fingerprint density at radius 3 is 3.00 bits per heavy atom. The zero-order chi connectivity index (χ0) is 17.1. The molecule has 1 aliphatic carbocycles. The molecule has 0 fully saturated rings. The predicted molar refractivity (Wildman–Crippen MR) is 99.7 cm³/mol. The third kappa shape index (κ3) is 3.24. The Morgan fingerprint density at radius 2 is 2.25 bits per heavy atom. The lowest BCUT2D eigenvalue weighted by molar-refractivity contribution is -0.124. The van der Waals surface area contributed by atoms with Crippen LogP contribution in [0.1, 0.15) is 44.2 Å². The van der Waals surface area contributed by atoms with Gasteiger partial charge in [-0.1, -0.05) is 31.6 Å². The van der Waals surface area contributed by atoms with Crippen LogP contribution in [0.4, 0.5) is 0 Å². The number of aromatic nitrogens is 1. The molecule has 128 valence electrons. The van der Waals surface area contributed by atoms with Crippen molar-refractivity contribution in [1.29, 1.82) is 0 Å². The topological polar surface area (TPSA) is 70.9 Å². The first kappa shape index (κ1) is 16.8. The van der Waals surface area contributed by atoms with E-state index in [1.807, 2.05) is 0 Å². The minimum Gasteiger partial charge on any atom is -0.361 e. The fraction of sp³-hybridized carbons (Fsp3) is 0.450. The van der Waals surface area contributed by atoms with E-state index in [-0.39, 0.29) is 17.9 Å². The van der Waals surface area contributed by atoms with E-state index in [0.717, 1.165) is 25.7 Å². The predicted octanol–water partition coefficient (Wildman–Crippen LogP) is 3.38. The Labute approximate surface area is 143 Å². The van der Waals surface area contributed by atoms with Gasteiger partial charge in [-0.2, -0.15) is 0 Å². The zero-order valence-corrected chi connectivity index (χ0v) is 14.6. The SMILES string of the molecule is CCC[C@@H](C)NC(=O)C(/C=C1\CCc2c[nH]c3cccc1c23)CN. The molecule has 4 heteroatoms. The molecule has 2 atom stereocenters. The summed E-state index contributed by atoms with van der Waals surface area (Å²) in [4.78, 5) is 15.9. The van der Waals surface area contributed by atoms with Gasteiger partial charge in [0, 0.05) is 29.7 Å². The number of nitrogens with one attached hydrogen (secondary N) is 2. The van der Waals surface area contributed by atoms with Gasteiger partial charge in [-0.3, -0.25) is 4.79 Å². The smallest absolute Gasteiger partial charge is 0.228 e. The Balaban J connectivity index is 1.86. The fourth-order valence-corrected chi connectivity index (χ4v) is 3.65. The van der Waals surface area contributed by atoms with Crippen LogP contribution in [0.15, 0.2) is 30.5 Å².